The summed E-state index contributed by atoms with van der Waals surface area (Å²) in [6.45, 7) is 32.6. The summed E-state index contributed by atoms with van der Waals surface area (Å²) in [5.74, 6) is 0. The number of hydrogen-bond donors (Lipinski definition) is 0. The molecule has 0 bridgehead atoms. The summed E-state index contributed by atoms with van der Waals surface area (Å²) in [6.07, 6.45) is 42.2. The maximum absolute atomic E-state index is 2.38. The Labute approximate surface area is 609 Å². The monoisotopic (exact) mass is 2170 g/mol. The Morgan fingerprint density at radius 3 is 1.44 bits per heavy atom. The van der Waals surface area contributed by atoms with E-state index in [1.54, 1.807) is 0 Å². The van der Waals surface area contributed by atoms with Gasteiger partial charge in [-0.2, -0.15) is 9.13 Å². The van der Waals surface area contributed by atoms with Gasteiger partial charge in [-0.25, -0.2) is 18.3 Å². The summed E-state index contributed by atoms with van der Waals surface area (Å²) < 4.78 is 13.9. The van der Waals surface area contributed by atoms with Crippen LogP contribution in [0.2, 0.25) is 0 Å². The van der Waals surface area contributed by atoms with Crippen molar-refractivity contribution in [3.05, 3.63) is 256 Å². The molecule has 6 aromatic rings. The van der Waals surface area contributed by atoms with Crippen molar-refractivity contribution in [2.24, 2.45) is 0 Å². The number of allylic oxidation sites excluding steroid dienone is 6. The van der Waals surface area contributed by atoms with Gasteiger partial charge in [-0.3, -0.25) is 0 Å². The average Bonchev–Trinajstić information content (AvgIpc) is 4.27. The molecule has 0 atom stereocenters. The van der Waals surface area contributed by atoms with E-state index < -0.39 is 0 Å². The molecule has 0 radical (unpaired) electrons. The quantitative estimate of drug-likeness (QED) is 0.117. The van der Waals surface area contributed by atoms with Crippen LogP contribution in [0, 0.1) is 86.1 Å². The van der Waals surface area contributed by atoms with Crippen LogP contribution in [0.15, 0.2) is 110 Å². The Balaban J connectivity index is -0.0000000780. The van der Waals surface area contributed by atoms with Gasteiger partial charge in [0.2, 0.25) is 5.69 Å². The minimum absolute atomic E-state index is 0. The molecule has 0 aromatic carbocycles. The first-order valence-corrected chi connectivity index (χ1v) is 27.1. The van der Waals surface area contributed by atoms with E-state index in [0.29, 0.717) is 0 Å². The Hall–Kier alpha value is -2.53. The summed E-state index contributed by atoms with van der Waals surface area (Å²) >= 11 is 0. The third-order valence-electron chi connectivity index (χ3n) is 15.2. The molecule has 6 aliphatic carbocycles. The molecule has 0 N–H and O–H groups in total. The summed E-state index contributed by atoms with van der Waals surface area (Å²) in [4.78, 5) is 0. The van der Waals surface area contributed by atoms with Crippen molar-refractivity contribution in [3.63, 3.8) is 0 Å². The molecule has 12 heteroatoms. The fourth-order valence-corrected chi connectivity index (χ4v) is 10.9. The smallest absolute Gasteiger partial charge is 0.208 e. The summed E-state index contributed by atoms with van der Waals surface area (Å²) in [6, 6.07) is 17.8. The Morgan fingerprint density at radius 1 is 0.345 bits per heavy atom. The molecule has 6 aliphatic rings. The second kappa shape index (κ2) is 45.7. The van der Waals surface area contributed by atoms with Gasteiger partial charge >= 0.3 is 0 Å². The maximum Gasteiger partial charge on any atom is 0.208 e. The van der Waals surface area contributed by atoms with Crippen molar-refractivity contribution in [1.82, 2.24) is 0 Å². The van der Waals surface area contributed by atoms with Crippen molar-refractivity contribution in [2.75, 3.05) is 0 Å². The first kappa shape index (κ1) is 92.6. The number of hydrogen-bond acceptors (Lipinski definition) is 0. The molecule has 0 amide bonds. The number of aromatic nitrogens is 6. The standard InChI is InChI=1S/6C11H14N.6CH3.6W.6H2/c2*1-3-12-8-11-6-4-5-10(11)7-9(12)2;2*1-3-12-8-7-10-5-4-6-11(10)9(12)2;2*1-3-12-9(2)7-8-10-5-4-6-11(10)12;;;;;;;;;;;;;;;;;;/h4,6-8H,3,5H2,1-2H3;4-5,7-8H,3,6H2,1-2H3;4,6-8H,3,5H2,1-2H3;4-5,7-8H,3,6H2,1-2H3;4,6-8H,3,5H2,1-2H3;4-5,7-8H,3,6H2,1-2H3;6*1H3;;;;;;;6*1H/q6*+1;6*-1;;;;;;;;;;;;/i;;;;;;;;;;;;;;;;;;6*1+1. The van der Waals surface area contributed by atoms with Gasteiger partial charge in [0.15, 0.2) is 64.6 Å². The van der Waals surface area contributed by atoms with Crippen molar-refractivity contribution in [1.29, 1.82) is 0 Å². The van der Waals surface area contributed by atoms with Crippen molar-refractivity contribution in [2.45, 2.75) is 161 Å². The predicted molar refractivity (Wildman–Crippen MR) is 350 cm³/mol. The first-order chi connectivity index (χ1) is 34.9. The molecule has 12 rings (SSSR count). The Morgan fingerprint density at radius 2 is 0.810 bits per heavy atom. The zero-order valence-electron chi connectivity index (χ0n) is 54.5. The van der Waals surface area contributed by atoms with E-state index in [9.17, 15) is 0 Å². The molecule has 468 valence electrons. The van der Waals surface area contributed by atoms with Crippen molar-refractivity contribution >= 4 is 36.5 Å². The second-order valence-electron chi connectivity index (χ2n) is 19.5. The van der Waals surface area contributed by atoms with Gasteiger partial charge in [-0.05, 0) is 108 Å². The maximum atomic E-state index is 2.38. The number of nitrogens with zero attached hydrogens (tertiary/aromatic N) is 6. The molecule has 6 aromatic heterocycles. The topological polar surface area (TPSA) is 23.3 Å². The van der Waals surface area contributed by atoms with Crippen LogP contribution >= 0.6 is 0 Å². The number of pyridine rings is 6. The van der Waals surface area contributed by atoms with Gasteiger partial charge in [-0.1, -0.05) is 66.8 Å². The average molecular weight is 2170 g/mol. The van der Waals surface area contributed by atoms with Crippen LogP contribution in [0.1, 0.15) is 151 Å². The SMILES string of the molecule is CC[n+]1c(C)ccc2c1C=CC2.CC[n+]1c(C)ccc2c1CC=C2.CC[n+]1cc2c(cc1C)C=CC2.CC[n+]1cc2c(cc1C)CC=C2.CC[n+]1ccc2c(c1C)C=CC2.CC[n+]1ccc2c(c1C)CC=C2.[2HH].[2HH].[2HH].[2HH].[2HH].[2HH].[CH3-].[CH3-].[CH3-].[CH3-].[CH3-].[CH3-].[W].[W].[W].[W].[W].[W]. The molecule has 0 unspecified atom stereocenters. The van der Waals surface area contributed by atoms with Crippen LogP contribution < -0.4 is 27.4 Å². The van der Waals surface area contributed by atoms with Crippen molar-refractivity contribution < 1.29 is 162 Å². The van der Waals surface area contributed by atoms with E-state index in [1.165, 1.54) is 101 Å². The van der Waals surface area contributed by atoms with Crippen LogP contribution in [-0.4, -0.2) is 0 Å². The minimum Gasteiger partial charge on any atom is -0.358 e. The number of rotatable bonds is 6. The van der Waals surface area contributed by atoms with Crippen LogP contribution in [0.25, 0.3) is 36.5 Å². The van der Waals surface area contributed by atoms with Gasteiger partial charge in [0.05, 0.1) is 6.42 Å². The van der Waals surface area contributed by atoms with E-state index in [0.717, 1.165) is 77.8 Å². The minimum atomic E-state index is 0. The van der Waals surface area contributed by atoms with E-state index in [2.05, 4.69) is 257 Å². The fraction of sp³-hybridized carbons (Fsp3) is 0.333. The van der Waals surface area contributed by atoms with Gasteiger partial charge in [0, 0.05) is 252 Å². The normalized spacial score (nSPS) is 11.6. The van der Waals surface area contributed by atoms with E-state index >= 15 is 0 Å². The first-order valence-electron chi connectivity index (χ1n) is 27.1. The van der Waals surface area contributed by atoms with Gasteiger partial charge < -0.3 is 44.6 Å². The molecule has 0 spiro atoms. The zero-order valence-corrected chi connectivity index (χ0v) is 72.1. The predicted octanol–water partition coefficient (Wildman–Crippen LogP) is 15.4. The van der Waals surface area contributed by atoms with Crippen LogP contribution in [-0.2, 0) is 204 Å². The van der Waals surface area contributed by atoms with Crippen molar-refractivity contribution in [3.8, 4) is 0 Å². The van der Waals surface area contributed by atoms with Gasteiger partial charge in [0.25, 0.3) is 0 Å². The van der Waals surface area contributed by atoms with E-state index in [-0.39, 0.29) is 180 Å². The number of fused-ring (bicyclic) bond motifs is 6. The Kier molecular flexibility index (Phi) is 50.4. The van der Waals surface area contributed by atoms with Gasteiger partial charge in [-0.15, -0.1) is 0 Å². The van der Waals surface area contributed by atoms with Crippen LogP contribution in [0.3, 0.4) is 0 Å². The molecule has 0 aliphatic heterocycles. The van der Waals surface area contributed by atoms with Crippen LogP contribution in [0.5, 0.6) is 0 Å². The second-order valence-corrected chi connectivity index (χ2v) is 19.5. The molecule has 84 heavy (non-hydrogen) atoms. The summed E-state index contributed by atoms with van der Waals surface area (Å²) in [5.41, 5.74) is 25.5. The van der Waals surface area contributed by atoms with Gasteiger partial charge in [0.1, 0.15) is 39.3 Å². The van der Waals surface area contributed by atoms with E-state index in [1.807, 2.05) is 0 Å². The van der Waals surface area contributed by atoms with Crippen LogP contribution in [0.4, 0.5) is 0 Å². The van der Waals surface area contributed by atoms with E-state index in [4.69, 9.17) is 0 Å². The molecular weight excluding hydrogens is 2050 g/mol. The molecule has 0 saturated heterocycles. The fourth-order valence-electron chi connectivity index (χ4n) is 10.9. The molecule has 6 nitrogen and oxygen atoms in total. The largest absolute Gasteiger partial charge is 0.358 e. The third-order valence-corrected chi connectivity index (χ3v) is 15.2. The number of aryl methyl sites for hydroxylation is 8. The molecule has 0 saturated carbocycles. The summed E-state index contributed by atoms with van der Waals surface area (Å²) in [7, 11) is 0. The molecule has 0 fully saturated rings. The summed E-state index contributed by atoms with van der Waals surface area (Å²) in [5, 5.41) is 0. The Bertz CT molecular complexity index is 3160. The molecule has 6 heterocycles. The molecular formula is C72H114N6W6. The third kappa shape index (κ3) is 23.1. The zero-order chi connectivity index (χ0) is 51.3.